The molecule has 1 aliphatic heterocycles. The fourth-order valence-electron chi connectivity index (χ4n) is 2.61. The summed E-state index contributed by atoms with van der Waals surface area (Å²) in [4.78, 5) is 24.3. The van der Waals surface area contributed by atoms with E-state index in [1.54, 1.807) is 5.32 Å². The third-order valence-corrected chi connectivity index (χ3v) is 4.01. The van der Waals surface area contributed by atoms with Gasteiger partial charge in [-0.1, -0.05) is 6.92 Å². The Morgan fingerprint density at radius 3 is 2.54 bits per heavy atom. The average molecular weight is 345 g/mol. The zero-order valence-corrected chi connectivity index (χ0v) is 13.1. The van der Waals surface area contributed by atoms with Gasteiger partial charge in [0.15, 0.2) is 0 Å². The second kappa shape index (κ2) is 7.06. The second-order valence-corrected chi connectivity index (χ2v) is 5.93. The quantitative estimate of drug-likeness (QED) is 0.672. The summed E-state index contributed by atoms with van der Waals surface area (Å²) >= 11 is 0. The maximum Gasteiger partial charge on any atom is 0.405 e. The van der Waals surface area contributed by atoms with Crippen LogP contribution in [0.1, 0.15) is 30.1 Å². The number of anilines is 1. The zero-order chi connectivity index (χ0) is 17.9. The summed E-state index contributed by atoms with van der Waals surface area (Å²) in [6, 6.07) is 3.77. The van der Waals surface area contributed by atoms with Gasteiger partial charge in [-0.25, -0.2) is 0 Å². The standard InChI is InChI=1S/C15H18F3N3O3/c1-10-4-6-20(7-5-10)12-3-2-11(8-13(12)21(23)24)14(22)19-9-15(16,17)18/h2-3,8,10H,4-7,9H2,1H3,(H,19,22). The number of nitrogens with zero attached hydrogens (tertiary/aromatic N) is 2. The first-order chi connectivity index (χ1) is 11.2. The number of nitro groups is 1. The lowest BCUT2D eigenvalue weighted by Gasteiger charge is -2.31. The minimum Gasteiger partial charge on any atom is -0.366 e. The van der Waals surface area contributed by atoms with Gasteiger partial charge < -0.3 is 10.2 Å². The average Bonchev–Trinajstić information content (AvgIpc) is 2.52. The molecule has 0 unspecified atom stereocenters. The summed E-state index contributed by atoms with van der Waals surface area (Å²) in [5.74, 6) is -0.443. The van der Waals surface area contributed by atoms with Gasteiger partial charge in [-0.2, -0.15) is 13.2 Å². The van der Waals surface area contributed by atoms with Gasteiger partial charge in [0.25, 0.3) is 11.6 Å². The molecule has 24 heavy (non-hydrogen) atoms. The van der Waals surface area contributed by atoms with Gasteiger partial charge in [-0.05, 0) is 30.9 Å². The molecule has 1 aromatic carbocycles. The molecule has 0 radical (unpaired) electrons. The van der Waals surface area contributed by atoms with Crippen LogP contribution < -0.4 is 10.2 Å². The molecule has 132 valence electrons. The van der Waals surface area contributed by atoms with E-state index in [1.165, 1.54) is 12.1 Å². The van der Waals surface area contributed by atoms with E-state index in [0.717, 1.165) is 18.9 Å². The van der Waals surface area contributed by atoms with Crippen molar-refractivity contribution in [2.24, 2.45) is 5.92 Å². The summed E-state index contributed by atoms with van der Waals surface area (Å²) in [5.41, 5.74) is -0.0523. The Labute approximate surface area is 136 Å². The molecular formula is C15H18F3N3O3. The summed E-state index contributed by atoms with van der Waals surface area (Å²) in [6.07, 6.45) is -2.72. The van der Waals surface area contributed by atoms with E-state index < -0.39 is 23.6 Å². The SMILES string of the molecule is CC1CCN(c2ccc(C(=O)NCC(F)(F)F)cc2[N+](=O)[O-])CC1. The van der Waals surface area contributed by atoms with Gasteiger partial charge in [-0.15, -0.1) is 0 Å². The maximum atomic E-state index is 12.1. The summed E-state index contributed by atoms with van der Waals surface area (Å²) in [7, 11) is 0. The molecule has 0 aliphatic carbocycles. The van der Waals surface area contributed by atoms with Crippen molar-refractivity contribution in [2.45, 2.75) is 25.9 Å². The van der Waals surface area contributed by atoms with Crippen LogP contribution in [0.4, 0.5) is 24.5 Å². The molecule has 1 heterocycles. The molecule has 1 N–H and O–H groups in total. The third kappa shape index (κ3) is 4.59. The Morgan fingerprint density at radius 2 is 2.00 bits per heavy atom. The van der Waals surface area contributed by atoms with Crippen LogP contribution in [-0.4, -0.2) is 36.6 Å². The van der Waals surface area contributed by atoms with E-state index in [0.29, 0.717) is 24.7 Å². The number of hydrogen-bond acceptors (Lipinski definition) is 4. The van der Waals surface area contributed by atoms with E-state index in [2.05, 4.69) is 6.92 Å². The largest absolute Gasteiger partial charge is 0.405 e. The predicted octanol–water partition coefficient (Wildman–Crippen LogP) is 3.12. The Bertz CT molecular complexity index is 626. The van der Waals surface area contributed by atoms with Crippen LogP contribution in [-0.2, 0) is 0 Å². The monoisotopic (exact) mass is 345 g/mol. The minimum absolute atomic E-state index is 0.167. The van der Waals surface area contributed by atoms with Gasteiger partial charge in [0, 0.05) is 24.7 Å². The highest BCUT2D eigenvalue weighted by Crippen LogP contribution is 2.32. The van der Waals surface area contributed by atoms with E-state index in [-0.39, 0.29) is 11.3 Å². The number of carbonyl (C=O) groups is 1. The molecule has 0 saturated carbocycles. The van der Waals surface area contributed by atoms with E-state index in [9.17, 15) is 28.1 Å². The topological polar surface area (TPSA) is 75.5 Å². The number of nitro benzene ring substituents is 1. The molecule has 0 bridgehead atoms. The minimum atomic E-state index is -4.54. The van der Waals surface area contributed by atoms with Crippen LogP contribution in [0.3, 0.4) is 0 Å². The molecule has 9 heteroatoms. The van der Waals surface area contributed by atoms with Gasteiger partial charge >= 0.3 is 6.18 Å². The number of alkyl halides is 3. The molecular weight excluding hydrogens is 327 g/mol. The molecule has 1 fully saturated rings. The van der Waals surface area contributed by atoms with Gasteiger partial charge in [0.1, 0.15) is 12.2 Å². The normalized spacial score (nSPS) is 16.1. The van der Waals surface area contributed by atoms with Crippen molar-refractivity contribution in [1.29, 1.82) is 0 Å². The van der Waals surface area contributed by atoms with Gasteiger partial charge in [0.05, 0.1) is 4.92 Å². The lowest BCUT2D eigenvalue weighted by atomic mass is 9.98. The fourth-order valence-corrected chi connectivity index (χ4v) is 2.61. The summed E-state index contributed by atoms with van der Waals surface area (Å²) in [5, 5.41) is 13.0. The van der Waals surface area contributed by atoms with Crippen LogP contribution >= 0.6 is 0 Å². The molecule has 1 saturated heterocycles. The first-order valence-electron chi connectivity index (χ1n) is 7.55. The van der Waals surface area contributed by atoms with Crippen molar-refractivity contribution in [3.63, 3.8) is 0 Å². The number of halogens is 3. The number of carbonyl (C=O) groups excluding carboxylic acids is 1. The molecule has 6 nitrogen and oxygen atoms in total. The molecule has 1 amide bonds. The molecule has 2 rings (SSSR count). The lowest BCUT2D eigenvalue weighted by Crippen LogP contribution is -2.34. The van der Waals surface area contributed by atoms with Crippen LogP contribution in [0.2, 0.25) is 0 Å². The zero-order valence-electron chi connectivity index (χ0n) is 13.1. The van der Waals surface area contributed by atoms with Crippen LogP contribution in [0, 0.1) is 16.0 Å². The van der Waals surface area contributed by atoms with E-state index in [4.69, 9.17) is 0 Å². The third-order valence-electron chi connectivity index (χ3n) is 4.01. The first-order valence-corrected chi connectivity index (χ1v) is 7.55. The molecule has 1 aromatic rings. The van der Waals surface area contributed by atoms with Crippen molar-refractivity contribution < 1.29 is 22.9 Å². The molecule has 0 atom stereocenters. The van der Waals surface area contributed by atoms with Crippen molar-refractivity contribution in [3.05, 3.63) is 33.9 Å². The fraction of sp³-hybridized carbons (Fsp3) is 0.533. The highest BCUT2D eigenvalue weighted by atomic mass is 19.4. The van der Waals surface area contributed by atoms with Crippen LogP contribution in [0.5, 0.6) is 0 Å². The lowest BCUT2D eigenvalue weighted by molar-refractivity contribution is -0.384. The highest BCUT2D eigenvalue weighted by molar-refractivity contribution is 5.95. The van der Waals surface area contributed by atoms with Gasteiger partial charge in [0.2, 0.25) is 0 Å². The second-order valence-electron chi connectivity index (χ2n) is 5.93. The Morgan fingerprint density at radius 1 is 1.38 bits per heavy atom. The van der Waals surface area contributed by atoms with Crippen LogP contribution in [0.25, 0.3) is 0 Å². The first kappa shape index (κ1) is 18.0. The number of amides is 1. The number of nitrogens with one attached hydrogen (secondary N) is 1. The Kier molecular flexibility index (Phi) is 5.30. The van der Waals surface area contributed by atoms with Crippen molar-refractivity contribution >= 4 is 17.3 Å². The van der Waals surface area contributed by atoms with Crippen LogP contribution in [0.15, 0.2) is 18.2 Å². The Balaban J connectivity index is 2.20. The molecule has 0 aromatic heterocycles. The molecule has 0 spiro atoms. The number of benzene rings is 1. The Hall–Kier alpha value is -2.32. The number of piperidine rings is 1. The predicted molar refractivity (Wildman–Crippen MR) is 82.1 cm³/mol. The number of rotatable bonds is 4. The van der Waals surface area contributed by atoms with Crippen molar-refractivity contribution in [2.75, 3.05) is 24.5 Å². The van der Waals surface area contributed by atoms with E-state index in [1.807, 2.05) is 4.90 Å². The number of hydrogen-bond donors (Lipinski definition) is 1. The van der Waals surface area contributed by atoms with Gasteiger partial charge in [-0.3, -0.25) is 14.9 Å². The summed E-state index contributed by atoms with van der Waals surface area (Å²) in [6.45, 7) is 1.97. The van der Waals surface area contributed by atoms with Crippen molar-refractivity contribution in [3.8, 4) is 0 Å². The molecule has 1 aliphatic rings. The summed E-state index contributed by atoms with van der Waals surface area (Å²) < 4.78 is 36.4. The maximum absolute atomic E-state index is 12.1. The highest BCUT2D eigenvalue weighted by Gasteiger charge is 2.29. The van der Waals surface area contributed by atoms with Crippen molar-refractivity contribution in [1.82, 2.24) is 5.32 Å². The smallest absolute Gasteiger partial charge is 0.366 e. The van der Waals surface area contributed by atoms with E-state index >= 15 is 0 Å².